The number of benzene rings is 2. The van der Waals surface area contributed by atoms with Crippen molar-refractivity contribution in [2.75, 3.05) is 0 Å². The maximum atomic E-state index is 12.3. The zero-order valence-corrected chi connectivity index (χ0v) is 13.3. The second-order valence-electron chi connectivity index (χ2n) is 5.18. The molecule has 3 rings (SSSR count). The van der Waals surface area contributed by atoms with Crippen molar-refractivity contribution in [1.29, 1.82) is 0 Å². The smallest absolute Gasteiger partial charge is 0.335 e. The van der Waals surface area contributed by atoms with Crippen LogP contribution in [0.4, 0.5) is 0 Å². The highest BCUT2D eigenvalue weighted by molar-refractivity contribution is 7.89. The lowest BCUT2D eigenvalue weighted by Crippen LogP contribution is -2.23. The summed E-state index contributed by atoms with van der Waals surface area (Å²) >= 11 is 0. The average molecular weight is 342 g/mol. The van der Waals surface area contributed by atoms with E-state index in [-0.39, 0.29) is 17.0 Å². The minimum Gasteiger partial charge on any atom is -0.478 e. The van der Waals surface area contributed by atoms with E-state index < -0.39 is 16.0 Å². The van der Waals surface area contributed by atoms with E-state index in [1.54, 1.807) is 6.20 Å². The van der Waals surface area contributed by atoms with Gasteiger partial charge in [0.1, 0.15) is 0 Å². The molecule has 0 aliphatic heterocycles. The molecule has 0 radical (unpaired) electrons. The number of hydrogen-bond acceptors (Lipinski definition) is 4. The molecule has 0 amide bonds. The topological polar surface area (TPSA) is 96.4 Å². The van der Waals surface area contributed by atoms with Crippen LogP contribution in [0.1, 0.15) is 15.9 Å². The zero-order valence-electron chi connectivity index (χ0n) is 12.5. The third kappa shape index (κ3) is 3.42. The summed E-state index contributed by atoms with van der Waals surface area (Å²) in [5.41, 5.74) is 1.69. The summed E-state index contributed by atoms with van der Waals surface area (Å²) in [4.78, 5) is 15.0. The third-order valence-corrected chi connectivity index (χ3v) is 4.96. The van der Waals surface area contributed by atoms with Crippen molar-refractivity contribution in [2.45, 2.75) is 11.4 Å². The van der Waals surface area contributed by atoms with Crippen molar-refractivity contribution in [1.82, 2.24) is 9.71 Å². The summed E-state index contributed by atoms with van der Waals surface area (Å²) in [6, 6.07) is 14.3. The molecule has 6 nitrogen and oxygen atoms in total. The van der Waals surface area contributed by atoms with E-state index in [1.165, 1.54) is 24.3 Å². The number of aromatic nitrogens is 1. The summed E-state index contributed by atoms with van der Waals surface area (Å²) in [7, 11) is -3.71. The SMILES string of the molecule is O=C(O)c1ccc(S(=O)(=O)NCc2ccc3ncccc3c2)cc1. The van der Waals surface area contributed by atoms with Crippen LogP contribution < -0.4 is 4.72 Å². The first-order valence-electron chi connectivity index (χ1n) is 7.12. The fourth-order valence-corrected chi connectivity index (χ4v) is 3.29. The van der Waals surface area contributed by atoms with Crippen LogP contribution in [0.2, 0.25) is 0 Å². The summed E-state index contributed by atoms with van der Waals surface area (Å²) in [6.07, 6.45) is 1.70. The van der Waals surface area contributed by atoms with Crippen LogP contribution in [0.3, 0.4) is 0 Å². The largest absolute Gasteiger partial charge is 0.478 e. The number of fused-ring (bicyclic) bond motifs is 1. The number of carboxylic acids is 1. The van der Waals surface area contributed by atoms with Gasteiger partial charge in [-0.15, -0.1) is 0 Å². The van der Waals surface area contributed by atoms with Gasteiger partial charge in [0.25, 0.3) is 0 Å². The molecule has 0 spiro atoms. The van der Waals surface area contributed by atoms with Crippen molar-refractivity contribution in [2.24, 2.45) is 0 Å². The van der Waals surface area contributed by atoms with Gasteiger partial charge in [0, 0.05) is 18.1 Å². The van der Waals surface area contributed by atoms with Crippen LogP contribution in [0.5, 0.6) is 0 Å². The summed E-state index contributed by atoms with van der Waals surface area (Å²) in [5, 5.41) is 9.78. The number of aromatic carboxylic acids is 1. The lowest BCUT2D eigenvalue weighted by atomic mass is 10.1. The number of hydrogen-bond donors (Lipinski definition) is 2. The number of rotatable bonds is 5. The maximum absolute atomic E-state index is 12.3. The molecule has 1 heterocycles. The first-order valence-corrected chi connectivity index (χ1v) is 8.61. The molecule has 0 saturated carbocycles. The Morgan fingerprint density at radius 1 is 1.08 bits per heavy atom. The Bertz CT molecular complexity index is 999. The number of nitrogens with zero attached hydrogens (tertiary/aromatic N) is 1. The first kappa shape index (κ1) is 16.1. The molecule has 24 heavy (non-hydrogen) atoms. The highest BCUT2D eigenvalue weighted by Gasteiger charge is 2.14. The molecule has 0 saturated heterocycles. The second kappa shape index (κ2) is 6.38. The van der Waals surface area contributed by atoms with E-state index in [0.29, 0.717) is 0 Å². The fourth-order valence-electron chi connectivity index (χ4n) is 2.27. The molecule has 122 valence electrons. The van der Waals surface area contributed by atoms with E-state index in [0.717, 1.165) is 16.5 Å². The Kier molecular flexibility index (Phi) is 4.28. The number of nitrogens with one attached hydrogen (secondary N) is 1. The van der Waals surface area contributed by atoms with Crippen molar-refractivity contribution in [3.05, 3.63) is 71.9 Å². The molecule has 2 N–H and O–H groups in total. The lowest BCUT2D eigenvalue weighted by Gasteiger charge is -2.08. The van der Waals surface area contributed by atoms with Crippen LogP contribution >= 0.6 is 0 Å². The Morgan fingerprint density at radius 2 is 1.83 bits per heavy atom. The van der Waals surface area contributed by atoms with Crippen molar-refractivity contribution in [3.8, 4) is 0 Å². The first-order chi connectivity index (χ1) is 11.5. The monoisotopic (exact) mass is 342 g/mol. The molecule has 2 aromatic carbocycles. The Balaban J connectivity index is 1.77. The number of carbonyl (C=O) groups is 1. The predicted molar refractivity (Wildman–Crippen MR) is 89.2 cm³/mol. The van der Waals surface area contributed by atoms with Crippen molar-refractivity contribution in [3.63, 3.8) is 0 Å². The molecular weight excluding hydrogens is 328 g/mol. The normalized spacial score (nSPS) is 11.5. The highest BCUT2D eigenvalue weighted by atomic mass is 32.2. The molecule has 7 heteroatoms. The quantitative estimate of drug-likeness (QED) is 0.742. The summed E-state index contributed by atoms with van der Waals surface area (Å²) in [6.45, 7) is 0.133. The van der Waals surface area contributed by atoms with Crippen LogP contribution in [0, 0.1) is 0 Å². The van der Waals surface area contributed by atoms with Gasteiger partial charge in [0.2, 0.25) is 10.0 Å². The van der Waals surface area contributed by atoms with Gasteiger partial charge in [-0.05, 0) is 48.0 Å². The van der Waals surface area contributed by atoms with E-state index in [4.69, 9.17) is 5.11 Å². The number of pyridine rings is 1. The molecule has 0 bridgehead atoms. The van der Waals surface area contributed by atoms with Crippen LogP contribution in [0.25, 0.3) is 10.9 Å². The fraction of sp³-hybridized carbons (Fsp3) is 0.0588. The average Bonchev–Trinajstić information content (AvgIpc) is 2.60. The van der Waals surface area contributed by atoms with Gasteiger partial charge in [-0.1, -0.05) is 12.1 Å². The van der Waals surface area contributed by atoms with Gasteiger partial charge >= 0.3 is 5.97 Å². The molecule has 0 atom stereocenters. The van der Waals surface area contributed by atoms with Gasteiger partial charge in [0.05, 0.1) is 16.0 Å². The minimum absolute atomic E-state index is 0.0231. The molecule has 0 fully saturated rings. The lowest BCUT2D eigenvalue weighted by molar-refractivity contribution is 0.0696. The predicted octanol–water partition coefficient (Wildman–Crippen LogP) is 2.41. The summed E-state index contributed by atoms with van der Waals surface area (Å²) in [5.74, 6) is -1.10. The van der Waals surface area contributed by atoms with E-state index in [9.17, 15) is 13.2 Å². The Labute approximate surface area is 138 Å². The molecule has 0 unspecified atom stereocenters. The maximum Gasteiger partial charge on any atom is 0.335 e. The molecule has 3 aromatic rings. The van der Waals surface area contributed by atoms with Gasteiger partial charge in [0.15, 0.2) is 0 Å². The van der Waals surface area contributed by atoms with E-state index in [2.05, 4.69) is 9.71 Å². The van der Waals surface area contributed by atoms with Gasteiger partial charge in [-0.3, -0.25) is 4.98 Å². The van der Waals surface area contributed by atoms with E-state index >= 15 is 0 Å². The molecule has 1 aromatic heterocycles. The van der Waals surface area contributed by atoms with Gasteiger partial charge in [-0.2, -0.15) is 0 Å². The van der Waals surface area contributed by atoms with Gasteiger partial charge in [-0.25, -0.2) is 17.9 Å². The van der Waals surface area contributed by atoms with Crippen molar-refractivity contribution < 1.29 is 18.3 Å². The number of carboxylic acid groups (broad SMARTS) is 1. The zero-order chi connectivity index (χ0) is 17.2. The Hall–Kier alpha value is -2.77. The summed E-state index contributed by atoms with van der Waals surface area (Å²) < 4.78 is 27.1. The highest BCUT2D eigenvalue weighted by Crippen LogP contribution is 2.15. The van der Waals surface area contributed by atoms with Crippen LogP contribution in [-0.4, -0.2) is 24.5 Å². The molecular formula is C17H14N2O4S. The standard InChI is InChI=1S/C17H14N2O4S/c20-17(21)13-4-6-15(7-5-13)24(22,23)19-11-12-3-8-16-14(10-12)2-1-9-18-16/h1-10,19H,11H2,(H,20,21). The third-order valence-electron chi connectivity index (χ3n) is 3.55. The Morgan fingerprint density at radius 3 is 2.54 bits per heavy atom. The minimum atomic E-state index is -3.71. The van der Waals surface area contributed by atoms with E-state index in [1.807, 2.05) is 30.3 Å². The molecule has 0 aliphatic carbocycles. The number of sulfonamides is 1. The van der Waals surface area contributed by atoms with Crippen LogP contribution in [-0.2, 0) is 16.6 Å². The van der Waals surface area contributed by atoms with Crippen molar-refractivity contribution >= 4 is 26.9 Å². The second-order valence-corrected chi connectivity index (χ2v) is 6.95. The van der Waals surface area contributed by atoms with Gasteiger partial charge < -0.3 is 5.11 Å². The van der Waals surface area contributed by atoms with Crippen LogP contribution in [0.15, 0.2) is 65.7 Å². The molecule has 0 aliphatic rings.